The van der Waals surface area contributed by atoms with Gasteiger partial charge < -0.3 is 15.5 Å². The van der Waals surface area contributed by atoms with E-state index in [1.165, 1.54) is 11.1 Å². The largest absolute Gasteiger partial charge is 0.357 e. The van der Waals surface area contributed by atoms with Gasteiger partial charge in [0.2, 0.25) is 5.91 Å². The van der Waals surface area contributed by atoms with Crippen LogP contribution >= 0.6 is 15.9 Å². The number of hydrogen-bond donors (Lipinski definition) is 2. The van der Waals surface area contributed by atoms with Crippen LogP contribution in [0.2, 0.25) is 0 Å². The molecule has 1 heterocycles. The maximum Gasteiger partial charge on any atom is 0.234 e. The standard InChI is InChI=1S/C20H30BrN5O/c1-3-22-20(23-13-16-4-5-17(21)12-15(16)2)26-10-8-25(9-11-26)14-19(27)24-18-6-7-18/h4-5,12,18H,3,6-11,13-14H2,1-2H3,(H,22,23)(H,24,27). The summed E-state index contributed by atoms with van der Waals surface area (Å²) in [7, 11) is 0. The Morgan fingerprint density at radius 2 is 2.00 bits per heavy atom. The van der Waals surface area contributed by atoms with Crippen LogP contribution in [0.3, 0.4) is 0 Å². The number of hydrogen-bond acceptors (Lipinski definition) is 3. The average molecular weight is 436 g/mol. The van der Waals surface area contributed by atoms with Crippen molar-refractivity contribution >= 4 is 27.8 Å². The first kappa shape index (κ1) is 20.1. The fraction of sp³-hybridized carbons (Fsp3) is 0.600. The normalized spacial score (nSPS) is 18.5. The summed E-state index contributed by atoms with van der Waals surface area (Å²) in [5.74, 6) is 1.12. The van der Waals surface area contributed by atoms with Crippen LogP contribution in [-0.4, -0.2) is 67.0 Å². The zero-order valence-electron chi connectivity index (χ0n) is 16.3. The Morgan fingerprint density at radius 3 is 2.63 bits per heavy atom. The van der Waals surface area contributed by atoms with Gasteiger partial charge in [-0.05, 0) is 49.9 Å². The van der Waals surface area contributed by atoms with Crippen molar-refractivity contribution in [3.05, 3.63) is 33.8 Å². The summed E-state index contributed by atoms with van der Waals surface area (Å²) in [6.07, 6.45) is 2.28. The van der Waals surface area contributed by atoms with Gasteiger partial charge in [0.1, 0.15) is 0 Å². The lowest BCUT2D eigenvalue weighted by molar-refractivity contribution is -0.122. The molecule has 6 nitrogen and oxygen atoms in total. The molecule has 7 heteroatoms. The number of piperazine rings is 1. The van der Waals surface area contributed by atoms with Crippen molar-refractivity contribution in [2.24, 2.45) is 4.99 Å². The molecule has 0 bridgehead atoms. The Morgan fingerprint density at radius 1 is 1.26 bits per heavy atom. The Hall–Kier alpha value is -1.60. The summed E-state index contributed by atoms with van der Waals surface area (Å²) < 4.78 is 1.10. The predicted octanol–water partition coefficient (Wildman–Crippen LogP) is 2.12. The molecule has 27 heavy (non-hydrogen) atoms. The van der Waals surface area contributed by atoms with Crippen LogP contribution in [0.15, 0.2) is 27.7 Å². The van der Waals surface area contributed by atoms with Crippen molar-refractivity contribution < 1.29 is 4.79 Å². The zero-order valence-corrected chi connectivity index (χ0v) is 17.9. The van der Waals surface area contributed by atoms with E-state index < -0.39 is 0 Å². The average Bonchev–Trinajstić information content (AvgIpc) is 3.44. The van der Waals surface area contributed by atoms with Gasteiger partial charge in [0.25, 0.3) is 0 Å². The maximum absolute atomic E-state index is 12.0. The Bertz CT molecular complexity index is 681. The summed E-state index contributed by atoms with van der Waals surface area (Å²) >= 11 is 3.51. The minimum absolute atomic E-state index is 0.164. The van der Waals surface area contributed by atoms with Gasteiger partial charge in [-0.15, -0.1) is 0 Å². The highest BCUT2D eigenvalue weighted by Crippen LogP contribution is 2.18. The molecular formula is C20H30BrN5O. The minimum Gasteiger partial charge on any atom is -0.357 e. The molecular weight excluding hydrogens is 406 g/mol. The second-order valence-corrected chi connectivity index (χ2v) is 8.26. The lowest BCUT2D eigenvalue weighted by atomic mass is 10.1. The lowest BCUT2D eigenvalue weighted by Gasteiger charge is -2.36. The molecule has 0 spiro atoms. The van der Waals surface area contributed by atoms with E-state index in [1.54, 1.807) is 0 Å². The van der Waals surface area contributed by atoms with Gasteiger partial charge in [-0.3, -0.25) is 9.69 Å². The monoisotopic (exact) mass is 435 g/mol. The molecule has 1 aliphatic heterocycles. The van der Waals surface area contributed by atoms with Crippen molar-refractivity contribution in [2.45, 2.75) is 39.3 Å². The second-order valence-electron chi connectivity index (χ2n) is 7.35. The van der Waals surface area contributed by atoms with Gasteiger partial charge >= 0.3 is 0 Å². The number of aliphatic imine (C=N–C) groups is 1. The molecule has 148 valence electrons. The van der Waals surface area contributed by atoms with Crippen molar-refractivity contribution in [1.82, 2.24) is 20.4 Å². The zero-order chi connectivity index (χ0) is 19.2. The number of nitrogens with zero attached hydrogens (tertiary/aromatic N) is 3. The van der Waals surface area contributed by atoms with E-state index in [9.17, 15) is 4.79 Å². The van der Waals surface area contributed by atoms with Crippen LogP contribution in [0.5, 0.6) is 0 Å². The number of guanidine groups is 1. The first-order valence-electron chi connectivity index (χ1n) is 9.85. The Kier molecular flexibility index (Phi) is 7.13. The summed E-state index contributed by atoms with van der Waals surface area (Å²) in [6, 6.07) is 6.76. The SMILES string of the molecule is CCNC(=NCc1ccc(Br)cc1C)N1CCN(CC(=O)NC2CC2)CC1. The number of halogens is 1. The third kappa shape index (κ3) is 6.21. The molecule has 1 aromatic carbocycles. The fourth-order valence-corrected chi connectivity index (χ4v) is 3.72. The molecule has 1 aromatic rings. The van der Waals surface area contributed by atoms with Crippen molar-refractivity contribution in [2.75, 3.05) is 39.3 Å². The summed E-state index contributed by atoms with van der Waals surface area (Å²) in [4.78, 5) is 21.4. The van der Waals surface area contributed by atoms with E-state index in [2.05, 4.69) is 68.4 Å². The molecule has 0 atom stereocenters. The van der Waals surface area contributed by atoms with Crippen molar-refractivity contribution in [3.63, 3.8) is 0 Å². The molecule has 0 aromatic heterocycles. The lowest BCUT2D eigenvalue weighted by Crippen LogP contribution is -2.54. The third-order valence-corrected chi connectivity index (χ3v) is 5.51. The van der Waals surface area contributed by atoms with Gasteiger partial charge in [0.15, 0.2) is 5.96 Å². The van der Waals surface area contributed by atoms with Crippen LogP contribution in [-0.2, 0) is 11.3 Å². The number of nitrogens with one attached hydrogen (secondary N) is 2. The number of amides is 1. The fourth-order valence-electron chi connectivity index (χ4n) is 3.24. The molecule has 3 rings (SSSR count). The minimum atomic E-state index is 0.164. The van der Waals surface area contributed by atoms with E-state index in [0.717, 1.165) is 56.0 Å². The molecule has 2 N–H and O–H groups in total. The highest BCUT2D eigenvalue weighted by molar-refractivity contribution is 9.10. The number of carbonyl (C=O) groups excluding carboxylic acids is 1. The molecule has 1 amide bonds. The predicted molar refractivity (Wildman–Crippen MR) is 113 cm³/mol. The number of aryl methyl sites for hydroxylation is 1. The number of benzene rings is 1. The molecule has 0 radical (unpaired) electrons. The molecule has 2 fully saturated rings. The van der Waals surface area contributed by atoms with Crippen LogP contribution in [0.4, 0.5) is 0 Å². The van der Waals surface area contributed by atoms with Gasteiger partial charge in [0.05, 0.1) is 13.1 Å². The molecule has 1 saturated carbocycles. The van der Waals surface area contributed by atoms with Crippen LogP contribution in [0.1, 0.15) is 30.9 Å². The van der Waals surface area contributed by atoms with Crippen molar-refractivity contribution in [1.29, 1.82) is 0 Å². The smallest absolute Gasteiger partial charge is 0.234 e. The van der Waals surface area contributed by atoms with Crippen molar-refractivity contribution in [3.8, 4) is 0 Å². The quantitative estimate of drug-likeness (QED) is 0.530. The number of carbonyl (C=O) groups is 1. The third-order valence-electron chi connectivity index (χ3n) is 5.02. The number of rotatable bonds is 6. The van der Waals surface area contributed by atoms with Gasteiger partial charge in [0, 0.05) is 43.2 Å². The van der Waals surface area contributed by atoms with E-state index in [4.69, 9.17) is 4.99 Å². The molecule has 0 unspecified atom stereocenters. The van der Waals surface area contributed by atoms with Gasteiger partial charge in [-0.25, -0.2) is 4.99 Å². The van der Waals surface area contributed by atoms with E-state index in [0.29, 0.717) is 19.1 Å². The molecule has 1 aliphatic carbocycles. The highest BCUT2D eigenvalue weighted by Gasteiger charge is 2.25. The van der Waals surface area contributed by atoms with Crippen LogP contribution in [0.25, 0.3) is 0 Å². The van der Waals surface area contributed by atoms with E-state index in [1.807, 2.05) is 0 Å². The van der Waals surface area contributed by atoms with Crippen LogP contribution < -0.4 is 10.6 Å². The first-order valence-corrected chi connectivity index (χ1v) is 10.6. The Labute approximate surface area is 170 Å². The Balaban J connectivity index is 1.53. The molecule has 2 aliphatic rings. The van der Waals surface area contributed by atoms with Gasteiger partial charge in [-0.2, -0.15) is 0 Å². The van der Waals surface area contributed by atoms with Gasteiger partial charge in [-0.1, -0.05) is 22.0 Å². The highest BCUT2D eigenvalue weighted by atomic mass is 79.9. The second kappa shape index (κ2) is 9.55. The summed E-state index contributed by atoms with van der Waals surface area (Å²) in [5, 5.41) is 6.48. The maximum atomic E-state index is 12.0. The van der Waals surface area contributed by atoms with E-state index >= 15 is 0 Å². The summed E-state index contributed by atoms with van der Waals surface area (Å²) in [6.45, 7) is 9.81. The van der Waals surface area contributed by atoms with E-state index in [-0.39, 0.29) is 5.91 Å². The van der Waals surface area contributed by atoms with Crippen LogP contribution in [0, 0.1) is 6.92 Å². The summed E-state index contributed by atoms with van der Waals surface area (Å²) in [5.41, 5.74) is 2.49. The first-order chi connectivity index (χ1) is 13.0. The topological polar surface area (TPSA) is 60.0 Å². The molecule has 1 saturated heterocycles.